The Morgan fingerprint density at radius 1 is 1.00 bits per heavy atom. The zero-order valence-electron chi connectivity index (χ0n) is 20.4. The molecule has 0 saturated heterocycles. The van der Waals surface area contributed by atoms with E-state index in [0.717, 1.165) is 23.3 Å². The van der Waals surface area contributed by atoms with Crippen molar-refractivity contribution in [3.05, 3.63) is 54.1 Å². The van der Waals surface area contributed by atoms with Crippen molar-refractivity contribution in [3.63, 3.8) is 0 Å². The first-order valence-electron chi connectivity index (χ1n) is 12.6. The Morgan fingerprint density at radius 2 is 1.60 bits per heavy atom. The van der Waals surface area contributed by atoms with Gasteiger partial charge in [-0.3, -0.25) is 4.72 Å². The number of hydrogen-bond donors (Lipinski definition) is 3. The Morgan fingerprint density at radius 3 is 2.23 bits per heavy atom. The first-order valence-corrected chi connectivity index (χ1v) is 14.1. The molecular formula is C27H35N3O4S. The molecule has 8 heteroatoms. The van der Waals surface area contributed by atoms with E-state index >= 15 is 0 Å². The molecule has 1 atom stereocenters. The molecular weight excluding hydrogens is 462 g/mol. The zero-order valence-corrected chi connectivity index (χ0v) is 21.2. The van der Waals surface area contributed by atoms with Gasteiger partial charge in [0.05, 0.1) is 22.3 Å². The number of aryl methyl sites for hydroxylation is 1. The van der Waals surface area contributed by atoms with Crippen LogP contribution in [0.25, 0.3) is 0 Å². The Balaban J connectivity index is 1.13. The second kappa shape index (κ2) is 9.47. The quantitative estimate of drug-likeness (QED) is 0.462. The number of rotatable bonds is 8. The molecule has 0 heterocycles. The van der Waals surface area contributed by atoms with E-state index in [1.165, 1.54) is 38.5 Å². The zero-order chi connectivity index (χ0) is 24.6. The summed E-state index contributed by atoms with van der Waals surface area (Å²) >= 11 is 0. The molecule has 7 nitrogen and oxygen atoms in total. The number of urea groups is 1. The van der Waals surface area contributed by atoms with Gasteiger partial charge >= 0.3 is 6.03 Å². The van der Waals surface area contributed by atoms with Crippen LogP contribution < -0.4 is 15.4 Å². The summed E-state index contributed by atoms with van der Waals surface area (Å²) in [7, 11) is -3.71. The van der Waals surface area contributed by atoms with Crippen molar-refractivity contribution in [1.82, 2.24) is 5.32 Å². The van der Waals surface area contributed by atoms with Crippen LogP contribution in [0.3, 0.4) is 0 Å². The van der Waals surface area contributed by atoms with E-state index in [-0.39, 0.29) is 22.6 Å². The minimum absolute atomic E-state index is 0.00919. The van der Waals surface area contributed by atoms with Crippen LogP contribution in [0.5, 0.6) is 0 Å². The van der Waals surface area contributed by atoms with E-state index in [1.807, 2.05) is 13.8 Å². The van der Waals surface area contributed by atoms with E-state index in [9.17, 15) is 13.2 Å². The SMILES string of the molecule is Cc1ccc(S(=O)(=O)Nc2cccc(NC(=O)NCC(C)OC34CC5CC(CC(C5)C3)C4)c2)cc1. The fourth-order valence-electron chi connectivity index (χ4n) is 6.65. The lowest BCUT2D eigenvalue weighted by molar-refractivity contribution is -0.182. The van der Waals surface area contributed by atoms with Gasteiger partial charge in [0.25, 0.3) is 10.0 Å². The molecule has 4 fully saturated rings. The molecule has 0 aliphatic heterocycles. The number of benzene rings is 2. The van der Waals surface area contributed by atoms with E-state index in [2.05, 4.69) is 15.4 Å². The van der Waals surface area contributed by atoms with Crippen molar-refractivity contribution in [1.29, 1.82) is 0 Å². The topological polar surface area (TPSA) is 96.5 Å². The Kier molecular flexibility index (Phi) is 6.53. The maximum atomic E-state index is 12.7. The summed E-state index contributed by atoms with van der Waals surface area (Å²) in [5, 5.41) is 5.69. The van der Waals surface area contributed by atoms with Crippen molar-refractivity contribution in [2.24, 2.45) is 17.8 Å². The molecule has 4 aliphatic carbocycles. The largest absolute Gasteiger partial charge is 0.370 e. The van der Waals surface area contributed by atoms with Gasteiger partial charge < -0.3 is 15.4 Å². The maximum Gasteiger partial charge on any atom is 0.319 e. The molecule has 4 saturated carbocycles. The molecule has 0 aromatic heterocycles. The van der Waals surface area contributed by atoms with Crippen LogP contribution in [0.15, 0.2) is 53.4 Å². The van der Waals surface area contributed by atoms with Gasteiger partial charge in [-0.05, 0) is 100 Å². The van der Waals surface area contributed by atoms with E-state index < -0.39 is 10.0 Å². The predicted molar refractivity (Wildman–Crippen MR) is 137 cm³/mol. The van der Waals surface area contributed by atoms with Gasteiger partial charge in [0.15, 0.2) is 0 Å². The number of sulfonamides is 1. The first kappa shape index (κ1) is 24.1. The Hall–Kier alpha value is -2.58. The average Bonchev–Trinajstić information content (AvgIpc) is 2.77. The molecule has 35 heavy (non-hydrogen) atoms. The smallest absolute Gasteiger partial charge is 0.319 e. The summed E-state index contributed by atoms with van der Waals surface area (Å²) in [5.74, 6) is 2.46. The van der Waals surface area contributed by atoms with Crippen LogP contribution in [-0.2, 0) is 14.8 Å². The molecule has 0 radical (unpaired) electrons. The predicted octanol–water partition coefficient (Wildman–Crippen LogP) is 5.29. The third-order valence-corrected chi connectivity index (χ3v) is 9.08. The monoisotopic (exact) mass is 497 g/mol. The van der Waals surface area contributed by atoms with Crippen molar-refractivity contribution >= 4 is 27.4 Å². The number of anilines is 2. The minimum Gasteiger partial charge on any atom is -0.370 e. The minimum atomic E-state index is -3.71. The highest BCUT2D eigenvalue weighted by atomic mass is 32.2. The Labute approximate surface area is 208 Å². The summed E-state index contributed by atoms with van der Waals surface area (Å²) in [6.07, 6.45) is 7.56. The molecule has 6 rings (SSSR count). The van der Waals surface area contributed by atoms with Crippen LogP contribution in [0.2, 0.25) is 0 Å². The number of nitrogens with one attached hydrogen (secondary N) is 3. The van der Waals surface area contributed by atoms with Crippen molar-refractivity contribution in [3.8, 4) is 0 Å². The summed E-state index contributed by atoms with van der Waals surface area (Å²) < 4.78 is 34.4. The number of ether oxygens (including phenoxy) is 1. The number of carbonyl (C=O) groups excluding carboxylic acids is 1. The highest BCUT2D eigenvalue weighted by Gasteiger charge is 2.52. The lowest BCUT2D eigenvalue weighted by atomic mass is 9.54. The molecule has 4 aliphatic rings. The van der Waals surface area contributed by atoms with Crippen molar-refractivity contribution in [2.75, 3.05) is 16.6 Å². The number of hydrogen-bond acceptors (Lipinski definition) is 4. The summed E-state index contributed by atoms with van der Waals surface area (Å²) in [5.41, 5.74) is 1.87. The lowest BCUT2D eigenvalue weighted by Crippen LogP contribution is -2.54. The average molecular weight is 498 g/mol. The van der Waals surface area contributed by atoms with Crippen LogP contribution >= 0.6 is 0 Å². The highest BCUT2D eigenvalue weighted by molar-refractivity contribution is 7.92. The third kappa shape index (κ3) is 5.64. The molecule has 4 bridgehead atoms. The van der Waals surface area contributed by atoms with Gasteiger partial charge in [-0.2, -0.15) is 0 Å². The fourth-order valence-corrected chi connectivity index (χ4v) is 7.70. The van der Waals surface area contributed by atoms with E-state index in [1.54, 1.807) is 48.5 Å². The molecule has 2 aromatic rings. The lowest BCUT2D eigenvalue weighted by Gasteiger charge is -2.57. The molecule has 188 valence electrons. The molecule has 2 amide bonds. The normalized spacial score (nSPS) is 27.9. The second-order valence-electron chi connectivity index (χ2n) is 10.9. The van der Waals surface area contributed by atoms with E-state index in [4.69, 9.17) is 4.74 Å². The number of carbonyl (C=O) groups is 1. The van der Waals surface area contributed by atoms with Gasteiger partial charge in [-0.25, -0.2) is 13.2 Å². The molecule has 2 aromatic carbocycles. The number of amides is 2. The van der Waals surface area contributed by atoms with Gasteiger partial charge in [0.2, 0.25) is 0 Å². The fraction of sp³-hybridized carbons (Fsp3) is 0.519. The first-order chi connectivity index (χ1) is 16.7. The summed E-state index contributed by atoms with van der Waals surface area (Å²) in [6, 6.07) is 13.0. The summed E-state index contributed by atoms with van der Waals surface area (Å²) in [6.45, 7) is 4.35. The standard InChI is InChI=1S/C27H35N3O4S/c1-18-6-8-25(9-7-18)35(32,33)30-24-5-3-4-23(13-24)29-26(31)28-17-19(2)34-27-14-20-10-21(15-27)12-22(11-20)16-27/h3-9,13,19-22,30H,10-12,14-17H2,1-2H3,(H2,28,29,31). The van der Waals surface area contributed by atoms with Gasteiger partial charge in [-0.1, -0.05) is 23.8 Å². The maximum absolute atomic E-state index is 12.7. The van der Waals surface area contributed by atoms with Gasteiger partial charge in [0, 0.05) is 12.2 Å². The molecule has 3 N–H and O–H groups in total. The van der Waals surface area contributed by atoms with Crippen LogP contribution in [0.1, 0.15) is 51.0 Å². The van der Waals surface area contributed by atoms with Crippen LogP contribution in [0.4, 0.5) is 16.2 Å². The van der Waals surface area contributed by atoms with Crippen molar-refractivity contribution < 1.29 is 17.9 Å². The Bertz CT molecular complexity index is 1140. The highest BCUT2D eigenvalue weighted by Crippen LogP contribution is 2.57. The third-order valence-electron chi connectivity index (χ3n) is 7.69. The van der Waals surface area contributed by atoms with Gasteiger partial charge in [0.1, 0.15) is 0 Å². The molecule has 0 spiro atoms. The van der Waals surface area contributed by atoms with Crippen LogP contribution in [0, 0.1) is 24.7 Å². The van der Waals surface area contributed by atoms with Crippen molar-refractivity contribution in [2.45, 2.75) is 69.0 Å². The second-order valence-corrected chi connectivity index (χ2v) is 12.5. The summed E-state index contributed by atoms with van der Waals surface area (Å²) in [4.78, 5) is 12.7. The molecule has 1 unspecified atom stereocenters. The van der Waals surface area contributed by atoms with Gasteiger partial charge in [-0.15, -0.1) is 0 Å². The van der Waals surface area contributed by atoms with E-state index in [0.29, 0.717) is 17.9 Å². The van der Waals surface area contributed by atoms with Crippen LogP contribution in [-0.4, -0.2) is 32.7 Å².